The van der Waals surface area contributed by atoms with Crippen molar-refractivity contribution in [3.05, 3.63) is 29.8 Å². The summed E-state index contributed by atoms with van der Waals surface area (Å²) < 4.78 is 12.5. The number of ether oxygens (including phenoxy) is 2. The van der Waals surface area contributed by atoms with Gasteiger partial charge in [0.1, 0.15) is 35.9 Å². The van der Waals surface area contributed by atoms with Crippen molar-refractivity contribution in [3.8, 4) is 0 Å². The minimum atomic E-state index is -1.39. The molecule has 1 aromatic carbocycles. The van der Waals surface area contributed by atoms with Crippen LogP contribution in [0.1, 0.15) is 45.6 Å². The monoisotopic (exact) mass is 639 g/mol. The molecule has 244 valence electrons. The van der Waals surface area contributed by atoms with E-state index in [0.29, 0.717) is 18.4 Å². The Balaban J connectivity index is 1.50. The van der Waals surface area contributed by atoms with Crippen molar-refractivity contribution in [1.82, 2.24) is 15.5 Å². The molecule has 0 radical (unpaired) electrons. The maximum absolute atomic E-state index is 13.9. The van der Waals surface area contributed by atoms with E-state index >= 15 is 0 Å². The molecule has 5 N–H and O–H groups in total. The zero-order valence-electron chi connectivity index (χ0n) is 26.5. The SMILES string of the molecule is CS[C@H]1O[C@H](C(NC(=O)[C@H]2NC[C@@H]3C[C@H](CC(C)C)CCO[C@H]32)C(C)Sc2ccc(CCN(C)C)cc2)[C@H](O)[C@H](O)[C@H]1O. The number of aliphatic hydroxyl groups is 3. The van der Waals surface area contributed by atoms with E-state index in [-0.39, 0.29) is 23.2 Å². The summed E-state index contributed by atoms with van der Waals surface area (Å²) in [5.41, 5.74) is 0.524. The highest BCUT2D eigenvalue weighted by molar-refractivity contribution is 8.00. The van der Waals surface area contributed by atoms with Crippen LogP contribution in [0.5, 0.6) is 0 Å². The lowest BCUT2D eigenvalue weighted by molar-refractivity contribution is -0.205. The zero-order valence-corrected chi connectivity index (χ0v) is 28.2. The molecule has 0 spiro atoms. The van der Waals surface area contributed by atoms with E-state index in [9.17, 15) is 20.1 Å². The Labute approximate surface area is 266 Å². The highest BCUT2D eigenvalue weighted by Crippen LogP contribution is 2.36. The first-order valence-electron chi connectivity index (χ1n) is 15.8. The predicted molar refractivity (Wildman–Crippen MR) is 173 cm³/mol. The van der Waals surface area contributed by atoms with E-state index in [0.717, 1.165) is 37.2 Å². The Morgan fingerprint density at radius 1 is 1.12 bits per heavy atom. The van der Waals surface area contributed by atoms with Gasteiger partial charge in [-0.05, 0) is 81.5 Å². The van der Waals surface area contributed by atoms with Crippen LogP contribution in [-0.4, -0.2) is 119 Å². The average Bonchev–Trinajstić information content (AvgIpc) is 3.25. The van der Waals surface area contributed by atoms with E-state index in [1.54, 1.807) is 18.0 Å². The smallest absolute Gasteiger partial charge is 0.240 e. The molecule has 3 saturated heterocycles. The van der Waals surface area contributed by atoms with Gasteiger partial charge >= 0.3 is 0 Å². The van der Waals surface area contributed by atoms with Gasteiger partial charge in [-0.3, -0.25) is 4.79 Å². The van der Waals surface area contributed by atoms with Crippen LogP contribution in [-0.2, 0) is 20.7 Å². The van der Waals surface area contributed by atoms with Crippen LogP contribution >= 0.6 is 23.5 Å². The summed E-state index contributed by atoms with van der Waals surface area (Å²) >= 11 is 2.86. The molecule has 1 aromatic rings. The number of carbonyl (C=O) groups is 1. The fraction of sp³-hybridized carbons (Fsp3) is 0.781. The van der Waals surface area contributed by atoms with Crippen LogP contribution in [0.4, 0.5) is 0 Å². The Morgan fingerprint density at radius 2 is 1.84 bits per heavy atom. The number of amides is 1. The fourth-order valence-corrected chi connectivity index (χ4v) is 8.50. The van der Waals surface area contributed by atoms with E-state index in [2.05, 4.69) is 67.7 Å². The van der Waals surface area contributed by atoms with Crippen molar-refractivity contribution in [2.75, 3.05) is 40.0 Å². The molecule has 0 aliphatic carbocycles. The first kappa shape index (κ1) is 35.0. The molecule has 0 saturated carbocycles. The number of nitrogens with one attached hydrogen (secondary N) is 2. The first-order chi connectivity index (χ1) is 20.5. The molecule has 0 aromatic heterocycles. The highest BCUT2D eigenvalue weighted by atomic mass is 32.2. The standard InChI is InChI=1S/C32H53N3O6S2/c1-18(2)15-21-12-14-40-29-22(16-21)17-33-25(29)31(39)34-24(30-27(37)26(36)28(38)32(41-30)42-6)19(3)43-23-9-7-20(8-10-23)11-13-35(4)5/h7-10,18-19,21-22,24-30,32-33,36-38H,11-17H2,1-6H3,(H,34,39)/t19?,21-,22-,24?,25-,26-,27+,28+,29+,30+,32+/m0/s1. The van der Waals surface area contributed by atoms with Gasteiger partial charge in [-0.2, -0.15) is 0 Å². The number of fused-ring (bicyclic) bond motifs is 1. The topological polar surface area (TPSA) is 124 Å². The van der Waals surface area contributed by atoms with Crippen LogP contribution in [0.2, 0.25) is 0 Å². The van der Waals surface area contributed by atoms with Gasteiger partial charge in [0.15, 0.2) is 0 Å². The normalized spacial score (nSPS) is 34.5. The number of rotatable bonds is 12. The van der Waals surface area contributed by atoms with Crippen molar-refractivity contribution in [3.63, 3.8) is 0 Å². The number of hydrogen-bond acceptors (Lipinski definition) is 10. The second kappa shape index (κ2) is 16.1. The molecular formula is C32H53N3O6S2. The minimum absolute atomic E-state index is 0.191. The molecule has 9 nitrogen and oxygen atoms in total. The predicted octanol–water partition coefficient (Wildman–Crippen LogP) is 2.36. The molecule has 11 atom stereocenters. The maximum atomic E-state index is 13.9. The molecule has 1 amide bonds. The average molecular weight is 640 g/mol. The molecule has 3 fully saturated rings. The van der Waals surface area contributed by atoms with Crippen molar-refractivity contribution in [2.45, 2.75) is 105 Å². The summed E-state index contributed by atoms with van der Waals surface area (Å²) in [6.07, 6.45) is 0.869. The van der Waals surface area contributed by atoms with Gasteiger partial charge in [0, 0.05) is 29.8 Å². The maximum Gasteiger partial charge on any atom is 0.240 e. The van der Waals surface area contributed by atoms with Crippen LogP contribution in [0.3, 0.4) is 0 Å². The lowest BCUT2D eigenvalue weighted by Gasteiger charge is -2.44. The lowest BCUT2D eigenvalue weighted by atomic mass is 9.85. The Bertz CT molecular complexity index is 1020. The third-order valence-electron chi connectivity index (χ3n) is 9.05. The van der Waals surface area contributed by atoms with Gasteiger partial charge in [-0.25, -0.2) is 0 Å². The van der Waals surface area contributed by atoms with Gasteiger partial charge in [-0.15, -0.1) is 23.5 Å². The molecule has 43 heavy (non-hydrogen) atoms. The molecule has 3 aliphatic heterocycles. The number of carbonyl (C=O) groups excluding carboxylic acids is 1. The summed E-state index contributed by atoms with van der Waals surface area (Å²) in [4.78, 5) is 17.1. The summed E-state index contributed by atoms with van der Waals surface area (Å²) in [6.45, 7) is 8.86. The van der Waals surface area contributed by atoms with Gasteiger partial charge < -0.3 is 40.3 Å². The van der Waals surface area contributed by atoms with Crippen molar-refractivity contribution in [1.29, 1.82) is 0 Å². The number of nitrogens with zero attached hydrogens (tertiary/aromatic N) is 1. The van der Waals surface area contributed by atoms with Gasteiger partial charge in [-0.1, -0.05) is 32.9 Å². The molecule has 2 unspecified atom stereocenters. The Kier molecular flexibility index (Phi) is 13.1. The third kappa shape index (κ3) is 9.10. The van der Waals surface area contributed by atoms with E-state index < -0.39 is 41.9 Å². The van der Waals surface area contributed by atoms with E-state index in [1.165, 1.54) is 23.7 Å². The van der Waals surface area contributed by atoms with Crippen LogP contribution < -0.4 is 10.6 Å². The summed E-state index contributed by atoms with van der Waals surface area (Å²) in [6, 6.07) is 7.27. The number of hydrogen-bond donors (Lipinski definition) is 5. The molecule has 3 heterocycles. The number of thioether (sulfide) groups is 2. The summed E-state index contributed by atoms with van der Waals surface area (Å²) in [5.74, 6) is 1.31. The zero-order chi connectivity index (χ0) is 31.3. The molecule has 11 heteroatoms. The molecule has 0 bridgehead atoms. The van der Waals surface area contributed by atoms with Gasteiger partial charge in [0.25, 0.3) is 0 Å². The van der Waals surface area contributed by atoms with Crippen molar-refractivity contribution in [2.24, 2.45) is 17.8 Å². The third-order valence-corrected chi connectivity index (χ3v) is 11.1. The van der Waals surface area contributed by atoms with Crippen LogP contribution in [0.25, 0.3) is 0 Å². The second-order valence-corrected chi connectivity index (χ2v) is 15.6. The number of likely N-dealkylation sites (N-methyl/N-ethyl adjacent to an activating group) is 1. The lowest BCUT2D eigenvalue weighted by Crippen LogP contribution is -2.65. The van der Waals surface area contributed by atoms with Gasteiger partial charge in [0.2, 0.25) is 5.91 Å². The summed E-state index contributed by atoms with van der Waals surface area (Å²) in [5, 5.41) is 38.7. The van der Waals surface area contributed by atoms with Gasteiger partial charge in [0.05, 0.1) is 12.1 Å². The van der Waals surface area contributed by atoms with Crippen LogP contribution in [0, 0.1) is 17.8 Å². The summed E-state index contributed by atoms with van der Waals surface area (Å²) in [7, 11) is 4.12. The first-order valence-corrected chi connectivity index (χ1v) is 17.9. The fourth-order valence-electron chi connectivity index (χ4n) is 6.73. The van der Waals surface area contributed by atoms with Crippen molar-refractivity contribution >= 4 is 29.4 Å². The number of aliphatic hydroxyl groups excluding tert-OH is 3. The highest BCUT2D eigenvalue weighted by Gasteiger charge is 2.50. The Hall–Kier alpha value is -0.890. The number of benzene rings is 1. The molecular weight excluding hydrogens is 587 g/mol. The molecule has 4 rings (SSSR count). The molecule has 3 aliphatic rings. The van der Waals surface area contributed by atoms with Crippen molar-refractivity contribution < 1.29 is 29.6 Å². The quantitative estimate of drug-likeness (QED) is 0.218. The van der Waals surface area contributed by atoms with E-state index in [1.807, 2.05) is 6.92 Å². The largest absolute Gasteiger partial charge is 0.388 e. The van der Waals surface area contributed by atoms with Crippen LogP contribution in [0.15, 0.2) is 29.2 Å². The second-order valence-electron chi connectivity index (χ2n) is 13.2. The van der Waals surface area contributed by atoms with E-state index in [4.69, 9.17) is 9.47 Å². The Morgan fingerprint density at radius 3 is 2.49 bits per heavy atom. The minimum Gasteiger partial charge on any atom is -0.388 e.